The molecule has 0 atom stereocenters. The summed E-state index contributed by atoms with van der Waals surface area (Å²) in [4.78, 5) is 25.5. The van der Waals surface area contributed by atoms with E-state index in [0.29, 0.717) is 18.8 Å². The van der Waals surface area contributed by atoms with Crippen LogP contribution in [0.25, 0.3) is 0 Å². The number of hydrogen-bond donors (Lipinski definition) is 2. The predicted octanol–water partition coefficient (Wildman–Crippen LogP) is 2.85. The molecule has 0 spiro atoms. The summed E-state index contributed by atoms with van der Waals surface area (Å²) in [6, 6.07) is -0.133. The van der Waals surface area contributed by atoms with Crippen LogP contribution >= 0.6 is 0 Å². The zero-order chi connectivity index (χ0) is 15.3. The summed E-state index contributed by atoms with van der Waals surface area (Å²) >= 11 is 0. The highest BCUT2D eigenvalue weighted by atomic mass is 16.4. The number of amides is 2. The van der Waals surface area contributed by atoms with E-state index in [9.17, 15) is 14.7 Å². The van der Waals surface area contributed by atoms with Gasteiger partial charge in [0.25, 0.3) is 0 Å². The molecule has 2 fully saturated rings. The van der Waals surface area contributed by atoms with Crippen LogP contribution in [0.3, 0.4) is 0 Å². The second-order valence-electron chi connectivity index (χ2n) is 6.84. The van der Waals surface area contributed by atoms with Crippen molar-refractivity contribution in [3.8, 4) is 0 Å². The number of aliphatic carboxylic acids is 1. The lowest BCUT2D eigenvalue weighted by atomic mass is 9.80. The summed E-state index contributed by atoms with van der Waals surface area (Å²) in [7, 11) is 1.80. The Kier molecular flexibility index (Phi) is 5.48. The Morgan fingerprint density at radius 3 is 2.24 bits per heavy atom. The van der Waals surface area contributed by atoms with E-state index in [2.05, 4.69) is 5.32 Å². The number of hydrogen-bond acceptors (Lipinski definition) is 2. The van der Waals surface area contributed by atoms with Crippen LogP contribution < -0.4 is 5.32 Å². The van der Waals surface area contributed by atoms with Crippen molar-refractivity contribution in [3.63, 3.8) is 0 Å². The number of carbonyl (C=O) groups is 2. The lowest BCUT2D eigenvalue weighted by Gasteiger charge is -2.32. The molecule has 2 amide bonds. The van der Waals surface area contributed by atoms with Gasteiger partial charge >= 0.3 is 12.0 Å². The molecule has 2 aliphatic rings. The normalized spacial score (nSPS) is 22.0. The van der Waals surface area contributed by atoms with Gasteiger partial charge in [-0.25, -0.2) is 4.79 Å². The summed E-state index contributed by atoms with van der Waals surface area (Å²) in [5.41, 5.74) is -0.760. The highest BCUT2D eigenvalue weighted by molar-refractivity contribution is 5.78. The van der Waals surface area contributed by atoms with Crippen molar-refractivity contribution in [2.45, 2.75) is 57.8 Å². The number of carboxylic acid groups (broad SMARTS) is 1. The Balaban J connectivity index is 1.85. The molecule has 0 radical (unpaired) electrons. The fourth-order valence-corrected chi connectivity index (χ4v) is 3.40. The van der Waals surface area contributed by atoms with Crippen LogP contribution in [0.5, 0.6) is 0 Å². The molecule has 0 unspecified atom stereocenters. The molecule has 0 heterocycles. The SMILES string of the molecule is CN(CC1CCC1)C(=O)NCC1(C(=O)O)CCCCCC1. The zero-order valence-electron chi connectivity index (χ0n) is 13.1. The van der Waals surface area contributed by atoms with E-state index < -0.39 is 11.4 Å². The van der Waals surface area contributed by atoms with Crippen molar-refractivity contribution < 1.29 is 14.7 Å². The molecule has 5 heteroatoms. The molecular formula is C16H28N2O3. The van der Waals surface area contributed by atoms with E-state index in [1.807, 2.05) is 0 Å². The summed E-state index contributed by atoms with van der Waals surface area (Å²) in [5, 5.41) is 12.5. The van der Waals surface area contributed by atoms with Gasteiger partial charge in [-0.15, -0.1) is 0 Å². The Bertz CT molecular complexity index is 372. The maximum absolute atomic E-state index is 12.1. The molecule has 2 rings (SSSR count). The second kappa shape index (κ2) is 7.14. The number of urea groups is 1. The van der Waals surface area contributed by atoms with Crippen LogP contribution in [0.15, 0.2) is 0 Å². The Morgan fingerprint density at radius 2 is 1.76 bits per heavy atom. The average Bonchev–Trinajstić information content (AvgIpc) is 2.66. The third-order valence-electron chi connectivity index (χ3n) is 5.20. The van der Waals surface area contributed by atoms with Crippen molar-refractivity contribution in [1.82, 2.24) is 10.2 Å². The molecule has 0 aliphatic heterocycles. The molecule has 5 nitrogen and oxygen atoms in total. The fraction of sp³-hybridized carbons (Fsp3) is 0.875. The molecule has 0 aromatic heterocycles. The fourth-order valence-electron chi connectivity index (χ4n) is 3.40. The first-order chi connectivity index (χ1) is 10.0. The predicted molar refractivity (Wildman–Crippen MR) is 81.1 cm³/mol. The molecule has 2 N–H and O–H groups in total. The first-order valence-corrected chi connectivity index (χ1v) is 8.26. The number of nitrogens with zero attached hydrogens (tertiary/aromatic N) is 1. The third-order valence-corrected chi connectivity index (χ3v) is 5.20. The lowest BCUT2D eigenvalue weighted by molar-refractivity contribution is -0.149. The van der Waals surface area contributed by atoms with Crippen molar-refractivity contribution >= 4 is 12.0 Å². The zero-order valence-corrected chi connectivity index (χ0v) is 13.1. The molecule has 120 valence electrons. The van der Waals surface area contributed by atoms with Crippen molar-refractivity contribution in [2.24, 2.45) is 11.3 Å². The number of carboxylic acids is 1. The molecule has 0 aromatic carbocycles. The molecular weight excluding hydrogens is 268 g/mol. The van der Waals surface area contributed by atoms with E-state index in [4.69, 9.17) is 0 Å². The third kappa shape index (κ3) is 4.11. The maximum Gasteiger partial charge on any atom is 0.317 e. The van der Waals surface area contributed by atoms with Crippen LogP contribution in [0.1, 0.15) is 57.8 Å². The van der Waals surface area contributed by atoms with Gasteiger partial charge in [0.2, 0.25) is 0 Å². The van der Waals surface area contributed by atoms with E-state index >= 15 is 0 Å². The molecule has 2 saturated carbocycles. The van der Waals surface area contributed by atoms with Crippen LogP contribution in [-0.2, 0) is 4.79 Å². The molecule has 21 heavy (non-hydrogen) atoms. The number of carbonyl (C=O) groups excluding carboxylic acids is 1. The molecule has 2 aliphatic carbocycles. The van der Waals surface area contributed by atoms with E-state index in [1.54, 1.807) is 11.9 Å². The Morgan fingerprint density at radius 1 is 1.14 bits per heavy atom. The minimum atomic E-state index is -0.760. The monoisotopic (exact) mass is 296 g/mol. The lowest BCUT2D eigenvalue weighted by Crippen LogP contribution is -2.47. The highest BCUT2D eigenvalue weighted by Gasteiger charge is 2.39. The minimum Gasteiger partial charge on any atom is -0.481 e. The summed E-state index contributed by atoms with van der Waals surface area (Å²) in [5.74, 6) is -0.126. The van der Waals surface area contributed by atoms with E-state index in [-0.39, 0.29) is 12.6 Å². The van der Waals surface area contributed by atoms with Crippen LogP contribution in [0.2, 0.25) is 0 Å². The minimum absolute atomic E-state index is 0.133. The van der Waals surface area contributed by atoms with Crippen LogP contribution in [0.4, 0.5) is 4.79 Å². The number of nitrogens with one attached hydrogen (secondary N) is 1. The van der Waals surface area contributed by atoms with Gasteiger partial charge in [-0.05, 0) is 31.6 Å². The van der Waals surface area contributed by atoms with Gasteiger partial charge in [-0.1, -0.05) is 32.1 Å². The largest absolute Gasteiger partial charge is 0.481 e. The van der Waals surface area contributed by atoms with Gasteiger partial charge in [0.15, 0.2) is 0 Å². The topological polar surface area (TPSA) is 69.6 Å². The van der Waals surface area contributed by atoms with Gasteiger partial charge in [-0.2, -0.15) is 0 Å². The first kappa shape index (κ1) is 16.1. The Labute approximate surface area is 127 Å². The maximum atomic E-state index is 12.1. The quantitative estimate of drug-likeness (QED) is 0.766. The van der Waals surface area contributed by atoms with E-state index in [1.165, 1.54) is 19.3 Å². The van der Waals surface area contributed by atoms with Crippen molar-refractivity contribution in [1.29, 1.82) is 0 Å². The summed E-state index contributed by atoms with van der Waals surface area (Å²) in [6.07, 6.45) is 9.12. The van der Waals surface area contributed by atoms with E-state index in [0.717, 1.165) is 32.2 Å². The standard InChI is InChI=1S/C16H28N2O3/c1-18(11-13-7-6-8-13)15(21)17-12-16(14(19)20)9-4-2-3-5-10-16/h13H,2-12H2,1H3,(H,17,21)(H,19,20). The first-order valence-electron chi connectivity index (χ1n) is 8.26. The summed E-state index contributed by atoms with van der Waals surface area (Å²) < 4.78 is 0. The smallest absolute Gasteiger partial charge is 0.317 e. The van der Waals surface area contributed by atoms with Gasteiger partial charge in [-0.3, -0.25) is 4.79 Å². The number of rotatable bonds is 5. The highest BCUT2D eigenvalue weighted by Crippen LogP contribution is 2.35. The van der Waals surface area contributed by atoms with Crippen LogP contribution in [-0.4, -0.2) is 42.1 Å². The van der Waals surface area contributed by atoms with Crippen molar-refractivity contribution in [3.05, 3.63) is 0 Å². The van der Waals surface area contributed by atoms with Crippen molar-refractivity contribution in [2.75, 3.05) is 20.1 Å². The van der Waals surface area contributed by atoms with Gasteiger partial charge in [0.1, 0.15) is 0 Å². The summed E-state index contributed by atoms with van der Waals surface area (Å²) in [6.45, 7) is 1.04. The Hall–Kier alpha value is -1.26. The van der Waals surface area contributed by atoms with Gasteiger partial charge in [0, 0.05) is 20.1 Å². The van der Waals surface area contributed by atoms with Gasteiger partial charge in [0.05, 0.1) is 5.41 Å². The second-order valence-corrected chi connectivity index (χ2v) is 6.84. The molecule has 0 bridgehead atoms. The average molecular weight is 296 g/mol. The molecule has 0 saturated heterocycles. The molecule has 0 aromatic rings. The van der Waals surface area contributed by atoms with Crippen LogP contribution in [0, 0.1) is 11.3 Å². The van der Waals surface area contributed by atoms with Gasteiger partial charge < -0.3 is 15.3 Å².